The second-order valence-electron chi connectivity index (χ2n) is 7.83. The van der Waals surface area contributed by atoms with Gasteiger partial charge in [0, 0.05) is 55.1 Å². The summed E-state index contributed by atoms with van der Waals surface area (Å²) in [6, 6.07) is 9.06. The number of nitrogens with zero attached hydrogens (tertiary/aromatic N) is 4. The number of carbonyl (C=O) groups excluding carboxylic acids is 2. The van der Waals surface area contributed by atoms with Crippen LogP contribution in [-0.4, -0.2) is 59.3 Å². The van der Waals surface area contributed by atoms with Crippen LogP contribution >= 0.6 is 0 Å². The van der Waals surface area contributed by atoms with Gasteiger partial charge in [-0.05, 0) is 26.0 Å². The molecule has 154 valence electrons. The molecule has 1 fully saturated rings. The van der Waals surface area contributed by atoms with Crippen LogP contribution in [0.25, 0.3) is 0 Å². The first-order chi connectivity index (χ1) is 13.8. The van der Waals surface area contributed by atoms with Crippen molar-refractivity contribution in [1.29, 1.82) is 0 Å². The summed E-state index contributed by atoms with van der Waals surface area (Å²) in [5.41, 5.74) is 2.23. The molecular weight excluding hydrogens is 366 g/mol. The van der Waals surface area contributed by atoms with Gasteiger partial charge in [-0.2, -0.15) is 0 Å². The third-order valence-electron chi connectivity index (χ3n) is 4.99. The molecule has 29 heavy (non-hydrogen) atoms. The molecule has 7 heteroatoms. The van der Waals surface area contributed by atoms with Crippen LogP contribution in [0.15, 0.2) is 30.3 Å². The Hall–Kier alpha value is -2.80. The molecule has 1 aromatic heterocycles. The molecule has 0 aliphatic carbocycles. The predicted molar refractivity (Wildman–Crippen MR) is 115 cm³/mol. The molecule has 0 radical (unpaired) electrons. The smallest absolute Gasteiger partial charge is 0.238 e. The van der Waals surface area contributed by atoms with E-state index in [2.05, 4.69) is 33.9 Å². The Morgan fingerprint density at radius 1 is 1.10 bits per heavy atom. The van der Waals surface area contributed by atoms with E-state index in [9.17, 15) is 9.59 Å². The van der Waals surface area contributed by atoms with Gasteiger partial charge in [0.2, 0.25) is 5.91 Å². The fourth-order valence-electron chi connectivity index (χ4n) is 3.35. The van der Waals surface area contributed by atoms with Gasteiger partial charge in [-0.3, -0.25) is 14.5 Å². The van der Waals surface area contributed by atoms with Crippen molar-refractivity contribution in [3.8, 4) is 0 Å². The lowest BCUT2D eigenvalue weighted by atomic mass is 10.1. The molecule has 7 nitrogen and oxygen atoms in total. The summed E-state index contributed by atoms with van der Waals surface area (Å²) in [5, 5.41) is 2.89. The van der Waals surface area contributed by atoms with Crippen molar-refractivity contribution in [2.24, 2.45) is 0 Å². The number of ketones is 1. The minimum atomic E-state index is -0.0703. The number of Topliss-reactive ketones (excluding diaryl/α,β-unsaturated/α-hetero) is 1. The van der Waals surface area contributed by atoms with E-state index in [4.69, 9.17) is 4.98 Å². The summed E-state index contributed by atoms with van der Waals surface area (Å²) in [6.07, 6.45) is 0. The molecule has 0 saturated carbocycles. The summed E-state index contributed by atoms with van der Waals surface area (Å²) in [5.74, 6) is 2.04. The first kappa shape index (κ1) is 20.9. The molecule has 1 aliphatic rings. The molecule has 0 unspecified atom stereocenters. The zero-order valence-corrected chi connectivity index (χ0v) is 17.6. The molecule has 2 heterocycles. The summed E-state index contributed by atoms with van der Waals surface area (Å²) < 4.78 is 0. The van der Waals surface area contributed by atoms with Crippen LogP contribution in [0.2, 0.25) is 0 Å². The highest BCUT2D eigenvalue weighted by molar-refractivity contribution is 5.97. The number of carbonyl (C=O) groups is 2. The van der Waals surface area contributed by atoms with E-state index >= 15 is 0 Å². The Labute approximate surface area is 172 Å². The van der Waals surface area contributed by atoms with E-state index in [1.165, 1.54) is 6.92 Å². The molecule has 1 aliphatic heterocycles. The van der Waals surface area contributed by atoms with Crippen molar-refractivity contribution in [3.05, 3.63) is 47.4 Å². The number of hydrogen-bond donors (Lipinski definition) is 1. The largest absolute Gasteiger partial charge is 0.354 e. The topological polar surface area (TPSA) is 78.4 Å². The normalized spacial score (nSPS) is 14.9. The maximum Gasteiger partial charge on any atom is 0.238 e. The number of aromatic nitrogens is 2. The zero-order valence-electron chi connectivity index (χ0n) is 17.6. The number of amides is 1. The van der Waals surface area contributed by atoms with E-state index in [0.29, 0.717) is 23.7 Å². The predicted octanol–water partition coefficient (Wildman–Crippen LogP) is 2.87. The lowest BCUT2D eigenvalue weighted by Crippen LogP contribution is -2.49. The standard InChI is InChI=1S/C22H29N5O2/c1-15(2)22-23-16(3)12-20(25-22)27-10-8-26(9-11-27)14-21(29)24-19-7-5-6-18(13-19)17(4)28/h5-7,12-13,15H,8-11,14H2,1-4H3,(H,24,29). The Morgan fingerprint density at radius 2 is 1.83 bits per heavy atom. The van der Waals surface area contributed by atoms with Gasteiger partial charge in [-0.15, -0.1) is 0 Å². The van der Waals surface area contributed by atoms with Gasteiger partial charge < -0.3 is 10.2 Å². The van der Waals surface area contributed by atoms with Crippen molar-refractivity contribution >= 4 is 23.2 Å². The maximum absolute atomic E-state index is 12.4. The fourth-order valence-corrected chi connectivity index (χ4v) is 3.35. The highest BCUT2D eigenvalue weighted by Gasteiger charge is 2.21. The number of aryl methyl sites for hydroxylation is 1. The van der Waals surface area contributed by atoms with Crippen molar-refractivity contribution in [2.45, 2.75) is 33.6 Å². The van der Waals surface area contributed by atoms with Gasteiger partial charge in [0.25, 0.3) is 0 Å². The lowest BCUT2D eigenvalue weighted by molar-refractivity contribution is -0.117. The van der Waals surface area contributed by atoms with Gasteiger partial charge in [0.15, 0.2) is 5.78 Å². The van der Waals surface area contributed by atoms with Crippen molar-refractivity contribution in [2.75, 3.05) is 42.9 Å². The molecule has 1 N–H and O–H groups in total. The second-order valence-corrected chi connectivity index (χ2v) is 7.83. The molecular formula is C22H29N5O2. The average molecular weight is 396 g/mol. The monoisotopic (exact) mass is 395 g/mol. The minimum absolute atomic E-state index is 0.0159. The van der Waals surface area contributed by atoms with Gasteiger partial charge in [0.05, 0.1) is 6.54 Å². The quantitative estimate of drug-likeness (QED) is 0.758. The molecule has 1 saturated heterocycles. The molecule has 0 bridgehead atoms. The van der Waals surface area contributed by atoms with Crippen LogP contribution in [0.1, 0.15) is 48.6 Å². The number of anilines is 2. The first-order valence-electron chi connectivity index (χ1n) is 10.1. The van der Waals surface area contributed by atoms with Gasteiger partial charge in [-0.25, -0.2) is 9.97 Å². The van der Waals surface area contributed by atoms with Crippen LogP contribution < -0.4 is 10.2 Å². The number of hydrogen-bond acceptors (Lipinski definition) is 6. The molecule has 0 spiro atoms. The van der Waals surface area contributed by atoms with Crippen LogP contribution in [0.5, 0.6) is 0 Å². The number of nitrogens with one attached hydrogen (secondary N) is 1. The van der Waals surface area contributed by atoms with Crippen LogP contribution in [0.3, 0.4) is 0 Å². The van der Waals surface area contributed by atoms with Crippen molar-refractivity contribution in [1.82, 2.24) is 14.9 Å². The summed E-state index contributed by atoms with van der Waals surface area (Å²) in [6.45, 7) is 11.3. The van der Waals surface area contributed by atoms with Gasteiger partial charge in [0.1, 0.15) is 11.6 Å². The Morgan fingerprint density at radius 3 is 2.48 bits per heavy atom. The molecule has 3 rings (SSSR count). The summed E-state index contributed by atoms with van der Waals surface area (Å²) in [4.78, 5) is 37.5. The second kappa shape index (κ2) is 9.13. The molecule has 0 atom stereocenters. The van der Waals surface area contributed by atoms with Crippen LogP contribution in [0, 0.1) is 6.92 Å². The average Bonchev–Trinajstić information content (AvgIpc) is 2.68. The van der Waals surface area contributed by atoms with Crippen LogP contribution in [-0.2, 0) is 4.79 Å². The van der Waals surface area contributed by atoms with Crippen molar-refractivity contribution < 1.29 is 9.59 Å². The van der Waals surface area contributed by atoms with E-state index in [0.717, 1.165) is 43.5 Å². The molecule has 2 aromatic rings. The Balaban J connectivity index is 1.54. The number of piperazine rings is 1. The third kappa shape index (κ3) is 5.60. The Bertz CT molecular complexity index is 889. The highest BCUT2D eigenvalue weighted by atomic mass is 16.2. The molecule has 1 amide bonds. The van der Waals surface area contributed by atoms with Crippen molar-refractivity contribution in [3.63, 3.8) is 0 Å². The lowest BCUT2D eigenvalue weighted by Gasteiger charge is -2.35. The SMILES string of the molecule is CC(=O)c1cccc(NC(=O)CN2CCN(c3cc(C)nc(C(C)C)n3)CC2)c1. The van der Waals surface area contributed by atoms with E-state index in [-0.39, 0.29) is 11.7 Å². The van der Waals surface area contributed by atoms with E-state index < -0.39 is 0 Å². The van der Waals surface area contributed by atoms with Gasteiger partial charge >= 0.3 is 0 Å². The van der Waals surface area contributed by atoms with E-state index in [1.807, 2.05) is 13.0 Å². The number of rotatable bonds is 6. The maximum atomic E-state index is 12.4. The number of benzene rings is 1. The fraction of sp³-hybridized carbons (Fsp3) is 0.455. The first-order valence-corrected chi connectivity index (χ1v) is 10.1. The molecule has 1 aromatic carbocycles. The Kier molecular flexibility index (Phi) is 6.59. The van der Waals surface area contributed by atoms with Crippen LogP contribution in [0.4, 0.5) is 11.5 Å². The zero-order chi connectivity index (χ0) is 21.0. The third-order valence-corrected chi connectivity index (χ3v) is 4.99. The summed E-state index contributed by atoms with van der Waals surface area (Å²) >= 11 is 0. The minimum Gasteiger partial charge on any atom is -0.354 e. The summed E-state index contributed by atoms with van der Waals surface area (Å²) in [7, 11) is 0. The van der Waals surface area contributed by atoms with Gasteiger partial charge in [-0.1, -0.05) is 26.0 Å². The highest BCUT2D eigenvalue weighted by Crippen LogP contribution is 2.19. The van der Waals surface area contributed by atoms with E-state index in [1.54, 1.807) is 24.3 Å².